The normalized spacial score (nSPS) is 11.0. The molecule has 0 aromatic heterocycles. The third-order valence-corrected chi connectivity index (χ3v) is 4.60. The van der Waals surface area contributed by atoms with Crippen LogP contribution in [0.3, 0.4) is 0 Å². The Morgan fingerprint density at radius 3 is 2.29 bits per heavy atom. The summed E-state index contributed by atoms with van der Waals surface area (Å²) in [6.45, 7) is 9.45. The first kappa shape index (κ1) is 25.8. The smallest absolute Gasteiger partial charge is 0.258 e. The van der Waals surface area contributed by atoms with Crippen LogP contribution < -0.4 is 0 Å². The van der Waals surface area contributed by atoms with Crippen molar-refractivity contribution in [2.75, 3.05) is 0 Å². The number of aliphatic imine (C=N–C) groups is 1. The highest BCUT2D eigenvalue weighted by Gasteiger charge is 2.13. The highest BCUT2D eigenvalue weighted by Crippen LogP contribution is 2.26. The van der Waals surface area contributed by atoms with E-state index in [0.717, 1.165) is 23.2 Å². The Hall–Kier alpha value is -3.21. The van der Waals surface area contributed by atoms with Gasteiger partial charge in [-0.1, -0.05) is 76.1 Å². The Balaban J connectivity index is 0.00000113. The van der Waals surface area contributed by atoms with E-state index in [9.17, 15) is 10.1 Å². The summed E-state index contributed by atoms with van der Waals surface area (Å²) in [7, 11) is 4.50. The third-order valence-electron chi connectivity index (χ3n) is 4.60. The van der Waals surface area contributed by atoms with Crippen LogP contribution in [0.4, 0.5) is 11.4 Å². The molecule has 2 radical (unpaired) electrons. The van der Waals surface area contributed by atoms with Crippen LogP contribution in [0.1, 0.15) is 48.9 Å². The number of nitro benzene ring substituents is 1. The molecule has 1 atom stereocenters. The average Bonchev–Trinajstić information content (AvgIpc) is 2.81. The van der Waals surface area contributed by atoms with Crippen LogP contribution >= 0.6 is 0 Å². The van der Waals surface area contributed by atoms with Crippen molar-refractivity contribution in [2.24, 2.45) is 4.99 Å². The van der Waals surface area contributed by atoms with Gasteiger partial charge in [0.2, 0.25) is 0 Å². The maximum Gasteiger partial charge on any atom is 0.272 e. The van der Waals surface area contributed by atoms with Gasteiger partial charge in [-0.25, -0.2) is 0 Å². The molecule has 0 bridgehead atoms. The zero-order valence-corrected chi connectivity index (χ0v) is 19.1. The van der Waals surface area contributed by atoms with Crippen molar-refractivity contribution in [1.29, 1.82) is 0 Å². The summed E-state index contributed by atoms with van der Waals surface area (Å²) in [5.74, 6) is 0.290. The lowest BCUT2D eigenvalue weighted by atomic mass is 9.92. The van der Waals surface area contributed by atoms with E-state index in [1.807, 2.05) is 74.7 Å². The van der Waals surface area contributed by atoms with Crippen molar-refractivity contribution in [3.63, 3.8) is 0 Å². The Bertz CT molecular complexity index is 972. The van der Waals surface area contributed by atoms with Gasteiger partial charge in [0.15, 0.2) is 0 Å². The third kappa shape index (κ3) is 8.21. The first-order chi connectivity index (χ1) is 15.0. The van der Waals surface area contributed by atoms with E-state index in [1.165, 1.54) is 12.4 Å². The molecule has 0 heterocycles. The molecule has 0 N–H and O–H groups in total. The molecule has 0 amide bonds. The summed E-state index contributed by atoms with van der Waals surface area (Å²) in [5, 5.41) is 11.0. The lowest BCUT2D eigenvalue weighted by Gasteiger charge is -2.13. The fourth-order valence-corrected chi connectivity index (χ4v) is 3.12. The molecule has 4 nitrogen and oxygen atoms in total. The number of hydrogen-bond acceptors (Lipinski definition) is 3. The molecule has 0 fully saturated rings. The molecule has 5 heteroatoms. The summed E-state index contributed by atoms with van der Waals surface area (Å²) in [4.78, 5) is 15.2. The van der Waals surface area contributed by atoms with Gasteiger partial charge in [-0.2, -0.15) is 0 Å². The van der Waals surface area contributed by atoms with Gasteiger partial charge in [-0.15, -0.1) is 0 Å². The minimum Gasteiger partial charge on any atom is -0.258 e. The SMILES string of the molecule is CC.Cc1cc(CC(C)c2cccc(N=Cc3ccccc3)c2)ccc1[N+](=O)[O-].[B]C. The second-order valence-electron chi connectivity index (χ2n) is 6.75. The maximum atomic E-state index is 11.0. The van der Waals surface area contributed by atoms with Crippen LogP contribution in [-0.2, 0) is 6.42 Å². The minimum absolute atomic E-state index is 0.170. The van der Waals surface area contributed by atoms with E-state index in [2.05, 4.69) is 31.9 Å². The Morgan fingerprint density at radius 1 is 1.00 bits per heavy atom. The second-order valence-corrected chi connectivity index (χ2v) is 6.75. The molecule has 0 saturated carbocycles. The van der Waals surface area contributed by atoms with Gasteiger partial charge in [-0.3, -0.25) is 15.1 Å². The van der Waals surface area contributed by atoms with Gasteiger partial charge < -0.3 is 0 Å². The van der Waals surface area contributed by atoms with E-state index in [0.29, 0.717) is 5.56 Å². The molecule has 1 unspecified atom stereocenters. The largest absolute Gasteiger partial charge is 0.272 e. The van der Waals surface area contributed by atoms with Gasteiger partial charge >= 0.3 is 0 Å². The van der Waals surface area contributed by atoms with Crippen LogP contribution in [0.15, 0.2) is 77.8 Å². The number of nitrogens with zero attached hydrogens (tertiary/aromatic N) is 2. The topological polar surface area (TPSA) is 55.5 Å². The average molecular weight is 414 g/mol. The van der Waals surface area contributed by atoms with Crippen molar-refractivity contribution in [3.8, 4) is 0 Å². The molecule has 0 aliphatic rings. The molecule has 0 saturated heterocycles. The molecule has 0 spiro atoms. The molecule has 0 aliphatic heterocycles. The van der Waals surface area contributed by atoms with Crippen molar-refractivity contribution in [1.82, 2.24) is 0 Å². The predicted molar refractivity (Wildman–Crippen MR) is 133 cm³/mol. The quantitative estimate of drug-likeness (QED) is 0.185. The molecule has 3 aromatic carbocycles. The summed E-state index contributed by atoms with van der Waals surface area (Å²) in [6, 6.07) is 23.6. The van der Waals surface area contributed by atoms with E-state index >= 15 is 0 Å². The Morgan fingerprint density at radius 2 is 1.68 bits per heavy atom. The fourth-order valence-electron chi connectivity index (χ4n) is 3.12. The van der Waals surface area contributed by atoms with Gasteiger partial charge in [0.25, 0.3) is 5.69 Å². The number of rotatable bonds is 6. The molecular formula is C26H31BN2O2. The van der Waals surface area contributed by atoms with Crippen LogP contribution in [0.25, 0.3) is 0 Å². The summed E-state index contributed by atoms with van der Waals surface area (Å²) < 4.78 is 0. The minimum atomic E-state index is -0.337. The molecule has 160 valence electrons. The van der Waals surface area contributed by atoms with Crippen molar-refractivity contribution < 1.29 is 4.92 Å². The molecule has 0 aliphatic carbocycles. The van der Waals surface area contributed by atoms with Crippen molar-refractivity contribution in [3.05, 3.63) is 105 Å². The molecule has 31 heavy (non-hydrogen) atoms. The second kappa shape index (κ2) is 13.9. The van der Waals surface area contributed by atoms with Gasteiger partial charge in [0.05, 0.1) is 18.5 Å². The number of aryl methyl sites for hydroxylation is 1. The Kier molecular flexibility index (Phi) is 11.6. The highest BCUT2D eigenvalue weighted by atomic mass is 16.6. The molecule has 3 aromatic rings. The highest BCUT2D eigenvalue weighted by molar-refractivity contribution is 6.05. The monoisotopic (exact) mass is 414 g/mol. The summed E-state index contributed by atoms with van der Waals surface area (Å²) in [6.07, 6.45) is 2.69. The first-order valence-electron chi connectivity index (χ1n) is 10.5. The van der Waals surface area contributed by atoms with E-state index < -0.39 is 0 Å². The zero-order valence-electron chi connectivity index (χ0n) is 19.1. The van der Waals surface area contributed by atoms with Crippen molar-refractivity contribution >= 4 is 25.4 Å². The van der Waals surface area contributed by atoms with Gasteiger partial charge in [0, 0.05) is 17.8 Å². The van der Waals surface area contributed by atoms with Crippen molar-refractivity contribution in [2.45, 2.75) is 46.9 Å². The van der Waals surface area contributed by atoms with Gasteiger partial charge in [0.1, 0.15) is 0 Å². The summed E-state index contributed by atoms with van der Waals surface area (Å²) in [5.41, 5.74) is 5.16. The van der Waals surface area contributed by atoms with E-state index in [4.69, 9.17) is 0 Å². The lowest BCUT2D eigenvalue weighted by molar-refractivity contribution is -0.385. The predicted octanol–water partition coefficient (Wildman–Crippen LogP) is 7.23. The standard InChI is InChI=1S/C23H22N2O2.C2H6.CH3B/c1-17(13-20-11-12-23(25(26)27)18(2)14-20)21-9-6-10-22(15-21)24-16-19-7-4-3-5-8-19;2*1-2/h3-12,14-17H,13H2,1-2H3;1-2H3;1H3. The van der Waals surface area contributed by atoms with E-state index in [1.54, 1.807) is 13.0 Å². The van der Waals surface area contributed by atoms with Crippen LogP contribution in [-0.4, -0.2) is 19.0 Å². The Labute approximate surface area is 187 Å². The van der Waals surface area contributed by atoms with Gasteiger partial charge in [-0.05, 0) is 54.2 Å². The number of nitro groups is 1. The maximum absolute atomic E-state index is 11.0. The first-order valence-corrected chi connectivity index (χ1v) is 10.5. The zero-order chi connectivity index (χ0) is 23.2. The summed E-state index contributed by atoms with van der Waals surface area (Å²) >= 11 is 0. The molecule has 3 rings (SSSR count). The lowest BCUT2D eigenvalue weighted by Crippen LogP contribution is -2.00. The molecular weight excluding hydrogens is 383 g/mol. The fraction of sp³-hybridized carbons (Fsp3) is 0.269. The number of benzene rings is 3. The van der Waals surface area contributed by atoms with Crippen LogP contribution in [0.5, 0.6) is 0 Å². The van der Waals surface area contributed by atoms with Crippen LogP contribution in [0, 0.1) is 17.0 Å². The van der Waals surface area contributed by atoms with Crippen LogP contribution in [0.2, 0.25) is 6.82 Å². The number of hydrogen-bond donors (Lipinski definition) is 0. The van der Waals surface area contributed by atoms with E-state index in [-0.39, 0.29) is 16.5 Å².